The average Bonchev–Trinajstić information content (AvgIpc) is 3.83. The van der Waals surface area contributed by atoms with E-state index in [0.717, 1.165) is 67.2 Å². The van der Waals surface area contributed by atoms with Gasteiger partial charge in [0.15, 0.2) is 5.78 Å². The summed E-state index contributed by atoms with van der Waals surface area (Å²) in [7, 11) is 0. The Bertz CT molecular complexity index is 2040. The number of carbonyl (C=O) groups excluding carboxylic acids is 2. The van der Waals surface area contributed by atoms with Gasteiger partial charge in [0.1, 0.15) is 0 Å². The lowest BCUT2D eigenvalue weighted by Gasteiger charge is -2.71. The molecule has 2 bridgehead atoms. The van der Waals surface area contributed by atoms with Crippen LogP contribution in [0.25, 0.3) is 11.1 Å². The minimum atomic E-state index is -1.18. The van der Waals surface area contributed by atoms with Gasteiger partial charge in [-0.25, -0.2) is 4.79 Å². The Kier molecular flexibility index (Phi) is 9.26. The second kappa shape index (κ2) is 13.8. The molecule has 10 atom stereocenters. The normalized spacial score (nSPS) is 37.2. The number of urea groups is 1. The second-order valence-electron chi connectivity index (χ2n) is 18.6. The predicted molar refractivity (Wildman–Crippen MR) is 219 cm³/mol. The van der Waals surface area contributed by atoms with Crippen LogP contribution in [0.3, 0.4) is 0 Å². The number of ketones is 1. The number of rotatable bonds is 9. The SMILES string of the molecule is CC(NC(=O)N(CC1CCCO1)CC1(O)CCC2C34C=CC5(C=C3C(=O)c3ccccc3-c3ccccc3)CC(O)CCC5(C)C4CCC21C)c1ccccc1. The highest BCUT2D eigenvalue weighted by Gasteiger charge is 2.74. The van der Waals surface area contributed by atoms with Gasteiger partial charge in [-0.1, -0.05) is 117 Å². The number of nitrogens with zero attached hydrogens (tertiary/aromatic N) is 1. The number of benzene rings is 3. The molecule has 3 N–H and O–H groups in total. The minimum absolute atomic E-state index is 0.0213. The van der Waals surface area contributed by atoms with E-state index in [0.29, 0.717) is 31.6 Å². The van der Waals surface area contributed by atoms with Crippen LogP contribution in [0.2, 0.25) is 0 Å². The molecule has 10 unspecified atom stereocenters. The van der Waals surface area contributed by atoms with E-state index in [-0.39, 0.29) is 47.8 Å². The van der Waals surface area contributed by atoms with Crippen LogP contribution >= 0.6 is 0 Å². The number of amides is 2. The largest absolute Gasteiger partial charge is 0.393 e. The summed E-state index contributed by atoms with van der Waals surface area (Å²) in [6.45, 7) is 7.99. The Balaban J connectivity index is 1.11. The molecule has 7 nitrogen and oxygen atoms in total. The zero-order valence-corrected chi connectivity index (χ0v) is 33.3. The predicted octanol–water partition coefficient (Wildman–Crippen LogP) is 9.08. The van der Waals surface area contributed by atoms with Crippen molar-refractivity contribution < 1.29 is 24.5 Å². The highest BCUT2D eigenvalue weighted by Crippen LogP contribution is 2.78. The summed E-state index contributed by atoms with van der Waals surface area (Å²) in [5, 5.41) is 27.7. The molecule has 3 saturated carbocycles. The molecule has 2 spiro atoms. The monoisotopic (exact) mass is 754 g/mol. The first-order valence-corrected chi connectivity index (χ1v) is 21.2. The number of allylic oxidation sites excluding steroid dienone is 4. The van der Waals surface area contributed by atoms with Crippen LogP contribution in [0.15, 0.2) is 109 Å². The van der Waals surface area contributed by atoms with E-state index in [1.807, 2.05) is 84.6 Å². The summed E-state index contributed by atoms with van der Waals surface area (Å²) in [5.74, 6) is 0.208. The highest BCUT2D eigenvalue weighted by atomic mass is 16.5. The van der Waals surface area contributed by atoms with Gasteiger partial charge in [-0.05, 0) is 98.7 Å². The molecule has 3 aromatic rings. The standard InChI is InChI=1S/C49H58N2O5/c1-33(34-13-6-4-7-14-34)50-44(54)51(31-37-17-12-28-56-37)32-48(55)25-22-42-46(48,3)24-21-41-45(2)23-20-36(52)29-47(45)26-27-49(41,42)40(30-47)43(53)39-19-11-10-18-38(39)35-15-8-5-9-16-35/h4-11,13-16,18-19,26-27,30,33,36-37,41-42,52,55H,12,17,20-25,28-29,31-32H2,1-3H3,(H,50,54). The minimum Gasteiger partial charge on any atom is -0.393 e. The van der Waals surface area contributed by atoms with E-state index in [1.165, 1.54) is 0 Å². The van der Waals surface area contributed by atoms with Gasteiger partial charge >= 0.3 is 6.03 Å². The molecular weight excluding hydrogens is 697 g/mol. The molecule has 7 heteroatoms. The van der Waals surface area contributed by atoms with E-state index < -0.39 is 27.9 Å². The molecule has 6 aliphatic carbocycles. The quantitative estimate of drug-likeness (QED) is 0.150. The fourth-order valence-corrected chi connectivity index (χ4v) is 13.0. The maximum absolute atomic E-state index is 15.5. The van der Waals surface area contributed by atoms with Crippen LogP contribution in [0.1, 0.15) is 101 Å². The van der Waals surface area contributed by atoms with Crippen molar-refractivity contribution in [2.75, 3.05) is 19.7 Å². The van der Waals surface area contributed by atoms with Crippen LogP contribution in [-0.4, -0.2) is 64.4 Å². The van der Waals surface area contributed by atoms with E-state index in [9.17, 15) is 15.0 Å². The van der Waals surface area contributed by atoms with Gasteiger partial charge in [-0.3, -0.25) is 4.79 Å². The van der Waals surface area contributed by atoms with Crippen LogP contribution in [-0.2, 0) is 4.74 Å². The van der Waals surface area contributed by atoms with Crippen LogP contribution in [0.5, 0.6) is 0 Å². The Morgan fingerprint density at radius 2 is 1.54 bits per heavy atom. The molecule has 56 heavy (non-hydrogen) atoms. The molecule has 1 saturated heterocycles. The topological polar surface area (TPSA) is 99.1 Å². The molecule has 0 radical (unpaired) electrons. The Hall–Kier alpha value is -4.04. The molecule has 3 aromatic carbocycles. The number of aliphatic hydroxyl groups is 2. The van der Waals surface area contributed by atoms with Crippen molar-refractivity contribution in [3.05, 3.63) is 120 Å². The summed E-state index contributed by atoms with van der Waals surface area (Å²) in [6, 6.07) is 27.8. The lowest BCUT2D eigenvalue weighted by atomic mass is 9.32. The third-order valence-corrected chi connectivity index (χ3v) is 16.0. The molecule has 10 rings (SSSR count). The lowest BCUT2D eigenvalue weighted by Crippen LogP contribution is -2.67. The summed E-state index contributed by atoms with van der Waals surface area (Å²) in [5.41, 5.74) is 1.59. The molecule has 7 aliphatic rings. The van der Waals surface area contributed by atoms with Crippen molar-refractivity contribution in [2.45, 2.75) is 102 Å². The fourth-order valence-electron chi connectivity index (χ4n) is 13.0. The van der Waals surface area contributed by atoms with Gasteiger partial charge in [-0.2, -0.15) is 0 Å². The van der Waals surface area contributed by atoms with Crippen LogP contribution in [0.4, 0.5) is 4.79 Å². The molecule has 4 fully saturated rings. The number of nitrogens with one attached hydrogen (secondary N) is 1. The molecular formula is C49H58N2O5. The number of fused-ring (bicyclic) bond motifs is 1. The second-order valence-corrected chi connectivity index (χ2v) is 18.6. The fraction of sp³-hybridized carbons (Fsp3) is 0.510. The maximum Gasteiger partial charge on any atom is 0.318 e. The average molecular weight is 755 g/mol. The lowest BCUT2D eigenvalue weighted by molar-refractivity contribution is -0.175. The molecule has 0 aromatic heterocycles. The summed E-state index contributed by atoms with van der Waals surface area (Å²) < 4.78 is 6.08. The zero-order chi connectivity index (χ0) is 38.9. The van der Waals surface area contributed by atoms with E-state index in [2.05, 4.69) is 49.5 Å². The first-order chi connectivity index (χ1) is 26.9. The number of Topliss-reactive ketones (excluding diaryl/α,β-unsaturated/α-hetero) is 1. The first-order valence-electron chi connectivity index (χ1n) is 21.2. The number of ether oxygens (including phenoxy) is 1. The van der Waals surface area contributed by atoms with E-state index in [1.54, 1.807) is 0 Å². The molecule has 1 aliphatic heterocycles. The van der Waals surface area contributed by atoms with Gasteiger partial charge in [0.25, 0.3) is 0 Å². The third kappa shape index (κ3) is 5.62. The number of hydrogen-bond acceptors (Lipinski definition) is 5. The van der Waals surface area contributed by atoms with Gasteiger partial charge in [0.2, 0.25) is 0 Å². The highest BCUT2D eigenvalue weighted by molar-refractivity contribution is 6.14. The smallest absolute Gasteiger partial charge is 0.318 e. The van der Waals surface area contributed by atoms with Crippen LogP contribution < -0.4 is 5.32 Å². The maximum atomic E-state index is 15.5. The van der Waals surface area contributed by atoms with Gasteiger partial charge in [0.05, 0.1) is 30.4 Å². The van der Waals surface area contributed by atoms with Gasteiger partial charge in [-0.15, -0.1) is 0 Å². The number of carbonyl (C=O) groups is 2. The molecule has 294 valence electrons. The third-order valence-electron chi connectivity index (χ3n) is 16.0. The van der Waals surface area contributed by atoms with Crippen LogP contribution in [0, 0.1) is 33.5 Å². The number of aliphatic hydroxyl groups excluding tert-OH is 1. The van der Waals surface area contributed by atoms with Crippen molar-refractivity contribution >= 4 is 11.8 Å². The first kappa shape index (κ1) is 37.5. The van der Waals surface area contributed by atoms with Crippen molar-refractivity contribution in [2.24, 2.45) is 33.5 Å². The Morgan fingerprint density at radius 3 is 2.29 bits per heavy atom. The van der Waals surface area contributed by atoms with E-state index >= 15 is 4.79 Å². The molecule has 2 amide bonds. The van der Waals surface area contributed by atoms with Crippen molar-refractivity contribution in [3.63, 3.8) is 0 Å². The summed E-state index contributed by atoms with van der Waals surface area (Å²) in [6.07, 6.45) is 13.6. The van der Waals surface area contributed by atoms with E-state index in [4.69, 9.17) is 4.74 Å². The van der Waals surface area contributed by atoms with Gasteiger partial charge < -0.3 is 25.2 Å². The number of hydrogen-bond donors (Lipinski definition) is 3. The van der Waals surface area contributed by atoms with Crippen molar-refractivity contribution in [3.8, 4) is 11.1 Å². The van der Waals surface area contributed by atoms with Crippen molar-refractivity contribution in [1.82, 2.24) is 10.2 Å². The summed E-state index contributed by atoms with van der Waals surface area (Å²) in [4.78, 5) is 31.7. The van der Waals surface area contributed by atoms with Crippen molar-refractivity contribution in [1.29, 1.82) is 0 Å². The molecule has 1 heterocycles. The summed E-state index contributed by atoms with van der Waals surface area (Å²) >= 11 is 0. The van der Waals surface area contributed by atoms with Gasteiger partial charge in [0, 0.05) is 40.5 Å². The zero-order valence-electron chi connectivity index (χ0n) is 33.3. The Labute approximate surface area is 332 Å². The Morgan fingerprint density at radius 1 is 0.857 bits per heavy atom.